The van der Waals surface area contributed by atoms with E-state index in [1.165, 1.54) is 6.92 Å². The van der Waals surface area contributed by atoms with Gasteiger partial charge in [0.1, 0.15) is 11.2 Å². The summed E-state index contributed by atoms with van der Waals surface area (Å²) < 4.78 is 31.3. The van der Waals surface area contributed by atoms with E-state index in [9.17, 15) is 24.6 Å². The third kappa shape index (κ3) is 4.46. The average molecular weight is 701 g/mol. The number of carbonyl (C=O) groups is 3. The van der Waals surface area contributed by atoms with Gasteiger partial charge in [0, 0.05) is 75.9 Å². The van der Waals surface area contributed by atoms with Crippen molar-refractivity contribution in [3.63, 3.8) is 0 Å². The Morgan fingerprint density at radius 3 is 2.44 bits per heavy atom. The van der Waals surface area contributed by atoms with Crippen molar-refractivity contribution < 1.29 is 53.4 Å². The Morgan fingerprint density at radius 1 is 1.06 bits per heavy atom. The van der Waals surface area contributed by atoms with E-state index in [0.29, 0.717) is 25.9 Å². The molecular weight excluding hydrogens is 648 g/mol. The minimum Gasteiger partial charge on any atom is -0.481 e. The molecule has 1 aliphatic heterocycles. The Bertz CT molecular complexity index is 1530. The minimum atomic E-state index is -1.71. The zero-order valence-corrected chi connectivity index (χ0v) is 29.8. The lowest BCUT2D eigenvalue weighted by atomic mass is 9.42. The zero-order chi connectivity index (χ0) is 36.0. The molecule has 7 bridgehead atoms. The number of carboxylic acids is 1. The fraction of sp³-hybridized carbons (Fsp3) is 0.757. The Balaban J connectivity index is 1.29. The Hall–Kier alpha value is -2.65. The number of piperidine rings is 1. The van der Waals surface area contributed by atoms with Crippen molar-refractivity contribution >= 4 is 23.5 Å². The Morgan fingerprint density at radius 2 is 1.80 bits per heavy atom. The summed E-state index contributed by atoms with van der Waals surface area (Å²) >= 11 is 0. The highest BCUT2D eigenvalue weighted by molar-refractivity contribution is 6.02. The van der Waals surface area contributed by atoms with Crippen LogP contribution in [0.1, 0.15) is 56.3 Å². The van der Waals surface area contributed by atoms with Gasteiger partial charge in [0.2, 0.25) is 5.91 Å². The topological polar surface area (TPSA) is 173 Å². The van der Waals surface area contributed by atoms with E-state index in [0.717, 1.165) is 6.42 Å². The molecule has 0 aromatic heterocycles. The van der Waals surface area contributed by atoms with E-state index in [4.69, 9.17) is 28.8 Å². The van der Waals surface area contributed by atoms with E-state index in [1.807, 2.05) is 0 Å². The van der Waals surface area contributed by atoms with Gasteiger partial charge < -0.3 is 44.3 Å². The molecule has 50 heavy (non-hydrogen) atoms. The second-order valence-corrected chi connectivity index (χ2v) is 15.8. The summed E-state index contributed by atoms with van der Waals surface area (Å²) in [5, 5.41) is 38.4. The molecule has 13 heteroatoms. The molecule has 13 nitrogen and oxygen atoms in total. The van der Waals surface area contributed by atoms with Crippen LogP contribution in [0.2, 0.25) is 0 Å². The second kappa shape index (κ2) is 12.5. The van der Waals surface area contributed by atoms with Gasteiger partial charge in [0.15, 0.2) is 0 Å². The summed E-state index contributed by atoms with van der Waals surface area (Å²) in [6, 6.07) is 6.05. The highest BCUT2D eigenvalue weighted by Gasteiger charge is 2.91. The molecule has 1 amide bonds. The quantitative estimate of drug-likeness (QED) is 0.235. The van der Waals surface area contributed by atoms with E-state index in [1.54, 1.807) is 52.7 Å². The number of esters is 1. The molecule has 1 heterocycles. The molecule has 0 radical (unpaired) electrons. The number of hydrogen-bond acceptors (Lipinski definition) is 11. The molecule has 1 aromatic rings. The fourth-order valence-electron chi connectivity index (χ4n) is 12.7. The van der Waals surface area contributed by atoms with Crippen LogP contribution in [0.25, 0.3) is 0 Å². The van der Waals surface area contributed by atoms with Gasteiger partial charge in [-0.3, -0.25) is 14.5 Å². The predicted octanol–water partition coefficient (Wildman–Crippen LogP) is 2.19. The van der Waals surface area contributed by atoms with Gasteiger partial charge in [-0.15, -0.1) is 0 Å². The van der Waals surface area contributed by atoms with Crippen molar-refractivity contribution in [3.8, 4) is 0 Å². The molecule has 1 spiro atoms. The third-order valence-corrected chi connectivity index (χ3v) is 14.1. The number of carbonyl (C=O) groups excluding carboxylic acids is 2. The van der Waals surface area contributed by atoms with Gasteiger partial charge in [-0.1, -0.05) is 26.0 Å². The van der Waals surface area contributed by atoms with Crippen LogP contribution in [0, 0.1) is 40.4 Å². The molecule has 276 valence electrons. The second-order valence-electron chi connectivity index (χ2n) is 15.8. The number of nitrogens with one attached hydrogen (secondary N) is 1. The lowest BCUT2D eigenvalue weighted by Gasteiger charge is -2.70. The molecule has 5 saturated carbocycles. The van der Waals surface area contributed by atoms with Gasteiger partial charge in [0.25, 0.3) is 0 Å². The fourth-order valence-corrected chi connectivity index (χ4v) is 12.7. The van der Waals surface area contributed by atoms with Gasteiger partial charge in [-0.05, 0) is 43.9 Å². The van der Waals surface area contributed by atoms with E-state index >= 15 is 0 Å². The van der Waals surface area contributed by atoms with Crippen LogP contribution in [0.4, 0.5) is 5.69 Å². The number of ether oxygens (including phenoxy) is 5. The number of aliphatic hydroxyl groups is 2. The summed E-state index contributed by atoms with van der Waals surface area (Å²) in [7, 11) is 6.66. The number of para-hydroxylation sites is 1. The van der Waals surface area contributed by atoms with Crippen LogP contribution in [-0.4, -0.2) is 128 Å². The van der Waals surface area contributed by atoms with Crippen molar-refractivity contribution in [2.75, 3.05) is 53.5 Å². The average Bonchev–Trinajstić information content (AvgIpc) is 3.52. The van der Waals surface area contributed by atoms with Crippen molar-refractivity contribution in [1.82, 2.24) is 4.90 Å². The first-order valence-corrected chi connectivity index (χ1v) is 17.9. The maximum atomic E-state index is 13.9. The number of likely N-dealkylation sites (tertiary alicyclic amines) is 1. The maximum Gasteiger partial charge on any atom is 0.340 e. The van der Waals surface area contributed by atoms with Crippen molar-refractivity contribution in [2.45, 2.75) is 87.6 Å². The highest BCUT2D eigenvalue weighted by Crippen LogP contribution is 2.80. The molecule has 6 aliphatic rings. The van der Waals surface area contributed by atoms with Crippen LogP contribution in [0.5, 0.6) is 0 Å². The van der Waals surface area contributed by atoms with Gasteiger partial charge in [-0.2, -0.15) is 0 Å². The first-order chi connectivity index (χ1) is 23.8. The van der Waals surface area contributed by atoms with E-state index in [2.05, 4.69) is 17.1 Å². The molecule has 14 atom stereocenters. The number of anilines is 1. The van der Waals surface area contributed by atoms with E-state index in [-0.39, 0.29) is 72.7 Å². The maximum absolute atomic E-state index is 13.9. The number of carboxylic acid groups (broad SMARTS) is 1. The number of methoxy groups -OCH3 is 4. The smallest absolute Gasteiger partial charge is 0.340 e. The monoisotopic (exact) mass is 700 g/mol. The SMILES string of the molecule is CCN1C[C@]2(COC(=O)c3ccccc3NC(=O)[C@H](C)CC(=O)O)CC[C@@H](OC)[C@]34[C@@H]5C[C@@H]6[C@H](OC)[C@H]5[C@](O)(C[C@@H]6OC)[C@@](O)([C@@H](OC)[C@H]23)[C@@H]14. The van der Waals surface area contributed by atoms with E-state index < -0.39 is 57.9 Å². The van der Waals surface area contributed by atoms with Crippen LogP contribution in [-0.2, 0) is 33.3 Å². The van der Waals surface area contributed by atoms with Crippen LogP contribution >= 0.6 is 0 Å². The largest absolute Gasteiger partial charge is 0.481 e. The molecule has 7 rings (SSSR count). The van der Waals surface area contributed by atoms with Crippen LogP contribution < -0.4 is 5.32 Å². The normalized spacial score (nSPS) is 44.4. The first-order valence-electron chi connectivity index (χ1n) is 17.9. The van der Waals surface area contributed by atoms with Crippen LogP contribution in [0.3, 0.4) is 0 Å². The number of likely N-dealkylation sites (N-methyl/N-ethyl adjacent to an activating group) is 1. The number of amides is 1. The Labute approximate surface area is 292 Å². The van der Waals surface area contributed by atoms with Gasteiger partial charge in [-0.25, -0.2) is 4.79 Å². The van der Waals surface area contributed by atoms with Crippen molar-refractivity contribution in [1.29, 1.82) is 0 Å². The zero-order valence-electron chi connectivity index (χ0n) is 29.8. The molecule has 5 aliphatic carbocycles. The summed E-state index contributed by atoms with van der Waals surface area (Å²) in [5.74, 6) is -3.79. The molecule has 6 fully saturated rings. The molecular formula is C37H52N2O11. The van der Waals surface area contributed by atoms with Crippen molar-refractivity contribution in [3.05, 3.63) is 29.8 Å². The highest BCUT2D eigenvalue weighted by atomic mass is 16.5. The van der Waals surface area contributed by atoms with Crippen LogP contribution in [0.15, 0.2) is 24.3 Å². The number of rotatable bonds is 12. The molecule has 1 aromatic carbocycles. The third-order valence-electron chi connectivity index (χ3n) is 14.1. The van der Waals surface area contributed by atoms with Crippen molar-refractivity contribution in [2.24, 2.45) is 40.4 Å². The number of fused-ring (bicyclic) bond motifs is 2. The lowest BCUT2D eigenvalue weighted by molar-refractivity contribution is -0.320. The summed E-state index contributed by atoms with van der Waals surface area (Å²) in [5.41, 5.74) is -4.20. The number of aliphatic carboxylic acids is 1. The Kier molecular flexibility index (Phi) is 8.93. The molecule has 1 saturated heterocycles. The summed E-state index contributed by atoms with van der Waals surface area (Å²) in [6.45, 7) is 4.72. The summed E-state index contributed by atoms with van der Waals surface area (Å²) in [4.78, 5) is 40.2. The standard InChI is InChI=1S/C37H52N2O11/c1-7-39-17-34(18-50-32(43)20-10-8-9-11-23(20)38-31(42)19(2)14-26(40)41)13-12-25(47-4)36-22-15-21-24(46-3)16-35(44,27(22)28(21)48-5)37(45,33(36)39)30(49-6)29(34)36/h8-11,19,21-22,24-25,27-30,33,44-45H,7,12-18H2,1-6H3,(H,38,42)(H,40,41)/t19-,21+,22-,24+,25-,27+,28+,29-,30+,33+,34+,35-,36-,37-/m1/s1. The minimum absolute atomic E-state index is 0.0270. The predicted molar refractivity (Wildman–Crippen MR) is 178 cm³/mol. The molecule has 4 N–H and O–H groups in total. The van der Waals surface area contributed by atoms with Gasteiger partial charge in [0.05, 0.1) is 54.7 Å². The first kappa shape index (κ1) is 35.7. The number of nitrogens with zero attached hydrogens (tertiary/aromatic N) is 1. The summed E-state index contributed by atoms with van der Waals surface area (Å²) in [6.07, 6.45) is 0.295. The molecule has 0 unspecified atom stereocenters. The lowest BCUT2D eigenvalue weighted by Crippen LogP contribution is -2.82. The van der Waals surface area contributed by atoms with Gasteiger partial charge >= 0.3 is 11.9 Å². The number of hydrogen-bond donors (Lipinski definition) is 4. The number of benzene rings is 1.